The fourth-order valence-electron chi connectivity index (χ4n) is 2.18. The molecule has 0 aliphatic heterocycles. The molecule has 1 aromatic rings. The minimum Gasteiger partial charge on any atom is -0.346 e. The Bertz CT molecular complexity index is 394. The Kier molecular flexibility index (Phi) is 5.38. The van der Waals surface area contributed by atoms with E-state index in [9.17, 15) is 4.79 Å². The summed E-state index contributed by atoms with van der Waals surface area (Å²) in [7, 11) is 0. The normalized spacial score (nSPS) is 11.0. The molecule has 0 fully saturated rings. The molecule has 1 amide bonds. The predicted octanol–water partition coefficient (Wildman–Crippen LogP) is 2.92. The van der Waals surface area contributed by atoms with Gasteiger partial charge in [0.1, 0.15) is 11.5 Å². The molecule has 0 spiro atoms. The third kappa shape index (κ3) is 3.34. The topological polar surface area (TPSA) is 49.0 Å². The van der Waals surface area contributed by atoms with Crippen LogP contribution in [0.1, 0.15) is 55.6 Å². The van der Waals surface area contributed by atoms with Crippen LogP contribution in [0.15, 0.2) is 0 Å². The van der Waals surface area contributed by atoms with E-state index in [1.165, 1.54) is 0 Å². The molecule has 4 heteroatoms. The molecular formula is C14H25N3O. The maximum Gasteiger partial charge on any atom is 0.274 e. The van der Waals surface area contributed by atoms with Crippen LogP contribution in [-0.2, 0) is 0 Å². The number of imidazole rings is 1. The van der Waals surface area contributed by atoms with Gasteiger partial charge < -0.3 is 9.88 Å². The number of rotatable bonds is 6. The van der Waals surface area contributed by atoms with Crippen LogP contribution in [0.5, 0.6) is 0 Å². The van der Waals surface area contributed by atoms with Crippen molar-refractivity contribution in [2.24, 2.45) is 5.92 Å². The van der Waals surface area contributed by atoms with Gasteiger partial charge in [0.2, 0.25) is 0 Å². The lowest BCUT2D eigenvalue weighted by atomic mass is 10.0. The van der Waals surface area contributed by atoms with Gasteiger partial charge in [-0.2, -0.15) is 0 Å². The van der Waals surface area contributed by atoms with E-state index in [0.717, 1.165) is 37.4 Å². The van der Waals surface area contributed by atoms with Crippen molar-refractivity contribution >= 4 is 5.91 Å². The summed E-state index contributed by atoms with van der Waals surface area (Å²) < 4.78 is 0. The summed E-state index contributed by atoms with van der Waals surface area (Å²) in [4.78, 5) is 21.7. The largest absolute Gasteiger partial charge is 0.346 e. The highest BCUT2D eigenvalue weighted by Crippen LogP contribution is 2.14. The number of H-pyrrole nitrogens is 1. The third-order valence-corrected chi connectivity index (χ3v) is 3.51. The molecule has 1 rings (SSSR count). The molecule has 0 aromatic carbocycles. The number of nitrogens with one attached hydrogen (secondary N) is 1. The molecule has 4 nitrogen and oxygen atoms in total. The van der Waals surface area contributed by atoms with Crippen molar-refractivity contribution in [3.8, 4) is 0 Å². The summed E-state index contributed by atoms with van der Waals surface area (Å²) in [5.74, 6) is 1.43. The standard InChI is InChI=1S/C14H25N3O/c1-6-12(7-2)9-17(8-3)14(18)13-10(4)15-11(5)16-13/h12H,6-9H2,1-5H3,(H,15,16). The van der Waals surface area contributed by atoms with E-state index in [2.05, 4.69) is 23.8 Å². The molecule has 1 heterocycles. The molecule has 0 radical (unpaired) electrons. The van der Waals surface area contributed by atoms with E-state index in [-0.39, 0.29) is 5.91 Å². The number of aryl methyl sites for hydroxylation is 2. The number of hydrogen-bond donors (Lipinski definition) is 1. The first kappa shape index (κ1) is 14.7. The molecule has 0 saturated carbocycles. The SMILES string of the molecule is CCC(CC)CN(CC)C(=O)c1nc(C)[nH]c1C. The quantitative estimate of drug-likeness (QED) is 0.845. The number of aromatic nitrogens is 2. The van der Waals surface area contributed by atoms with Gasteiger partial charge in [0.05, 0.1) is 0 Å². The first-order valence-electron chi connectivity index (χ1n) is 6.85. The minimum absolute atomic E-state index is 0.0475. The van der Waals surface area contributed by atoms with Crippen LogP contribution in [0.3, 0.4) is 0 Å². The highest BCUT2D eigenvalue weighted by atomic mass is 16.2. The second kappa shape index (κ2) is 6.57. The lowest BCUT2D eigenvalue weighted by molar-refractivity contribution is 0.0728. The van der Waals surface area contributed by atoms with Crippen molar-refractivity contribution in [1.82, 2.24) is 14.9 Å². The molecule has 0 aliphatic rings. The van der Waals surface area contributed by atoms with Crippen LogP contribution in [0.4, 0.5) is 0 Å². The second-order valence-electron chi connectivity index (χ2n) is 4.82. The van der Waals surface area contributed by atoms with E-state index in [4.69, 9.17) is 0 Å². The summed E-state index contributed by atoms with van der Waals surface area (Å²) in [5.41, 5.74) is 1.43. The lowest BCUT2D eigenvalue weighted by Gasteiger charge is -2.25. The zero-order valence-electron chi connectivity index (χ0n) is 12.2. The average Bonchev–Trinajstić information content (AvgIpc) is 2.69. The Balaban J connectivity index is 2.82. The molecule has 1 aromatic heterocycles. The van der Waals surface area contributed by atoms with Crippen LogP contribution in [0.25, 0.3) is 0 Å². The first-order chi connectivity index (χ1) is 8.53. The number of amides is 1. The van der Waals surface area contributed by atoms with Crippen LogP contribution in [-0.4, -0.2) is 33.9 Å². The minimum atomic E-state index is 0.0475. The van der Waals surface area contributed by atoms with Crippen molar-refractivity contribution in [2.45, 2.75) is 47.5 Å². The number of aromatic amines is 1. The van der Waals surface area contributed by atoms with E-state index < -0.39 is 0 Å². The van der Waals surface area contributed by atoms with Gasteiger partial charge in [-0.05, 0) is 26.7 Å². The molecule has 0 atom stereocenters. The summed E-state index contributed by atoms with van der Waals surface area (Å²) in [6, 6.07) is 0. The molecule has 0 aliphatic carbocycles. The second-order valence-corrected chi connectivity index (χ2v) is 4.82. The highest BCUT2D eigenvalue weighted by molar-refractivity contribution is 5.93. The van der Waals surface area contributed by atoms with Gasteiger partial charge >= 0.3 is 0 Å². The summed E-state index contributed by atoms with van der Waals surface area (Å²) >= 11 is 0. The van der Waals surface area contributed by atoms with Gasteiger partial charge in [0.15, 0.2) is 0 Å². The van der Waals surface area contributed by atoms with Gasteiger partial charge in [-0.1, -0.05) is 26.7 Å². The molecule has 0 saturated heterocycles. The van der Waals surface area contributed by atoms with E-state index in [1.54, 1.807) is 0 Å². The molecule has 0 unspecified atom stereocenters. The van der Waals surface area contributed by atoms with Crippen molar-refractivity contribution in [2.75, 3.05) is 13.1 Å². The summed E-state index contributed by atoms with van der Waals surface area (Å²) in [5, 5.41) is 0. The van der Waals surface area contributed by atoms with Gasteiger partial charge in [-0.25, -0.2) is 4.98 Å². The Morgan fingerprint density at radius 2 is 1.89 bits per heavy atom. The Morgan fingerprint density at radius 3 is 2.28 bits per heavy atom. The zero-order chi connectivity index (χ0) is 13.7. The Labute approximate surface area is 110 Å². The fraction of sp³-hybridized carbons (Fsp3) is 0.714. The molecule has 18 heavy (non-hydrogen) atoms. The maximum atomic E-state index is 12.4. The monoisotopic (exact) mass is 251 g/mol. The van der Waals surface area contributed by atoms with E-state index >= 15 is 0 Å². The number of carbonyl (C=O) groups excluding carboxylic acids is 1. The Morgan fingerprint density at radius 1 is 1.28 bits per heavy atom. The van der Waals surface area contributed by atoms with Gasteiger partial charge in [-0.3, -0.25) is 4.79 Å². The summed E-state index contributed by atoms with van der Waals surface area (Å²) in [6.45, 7) is 11.7. The van der Waals surface area contributed by atoms with Crippen LogP contribution in [0, 0.1) is 19.8 Å². The van der Waals surface area contributed by atoms with Gasteiger partial charge in [0, 0.05) is 18.8 Å². The molecule has 0 bridgehead atoms. The number of hydrogen-bond acceptors (Lipinski definition) is 2. The molecule has 102 valence electrons. The van der Waals surface area contributed by atoms with Gasteiger partial charge in [-0.15, -0.1) is 0 Å². The van der Waals surface area contributed by atoms with Crippen molar-refractivity contribution in [3.63, 3.8) is 0 Å². The molecular weight excluding hydrogens is 226 g/mol. The van der Waals surface area contributed by atoms with Crippen LogP contribution < -0.4 is 0 Å². The van der Waals surface area contributed by atoms with E-state index in [1.807, 2.05) is 25.7 Å². The molecule has 1 N–H and O–H groups in total. The third-order valence-electron chi connectivity index (χ3n) is 3.51. The zero-order valence-corrected chi connectivity index (χ0v) is 12.2. The number of carbonyl (C=O) groups is 1. The highest BCUT2D eigenvalue weighted by Gasteiger charge is 2.21. The fourth-order valence-corrected chi connectivity index (χ4v) is 2.18. The van der Waals surface area contributed by atoms with Crippen LogP contribution >= 0.6 is 0 Å². The maximum absolute atomic E-state index is 12.4. The predicted molar refractivity (Wildman–Crippen MR) is 73.7 cm³/mol. The average molecular weight is 251 g/mol. The number of nitrogens with zero attached hydrogens (tertiary/aromatic N) is 2. The van der Waals surface area contributed by atoms with Crippen molar-refractivity contribution < 1.29 is 4.79 Å². The Hall–Kier alpha value is -1.32. The van der Waals surface area contributed by atoms with Crippen molar-refractivity contribution in [3.05, 3.63) is 17.2 Å². The van der Waals surface area contributed by atoms with Crippen molar-refractivity contribution in [1.29, 1.82) is 0 Å². The first-order valence-corrected chi connectivity index (χ1v) is 6.85. The van der Waals surface area contributed by atoms with Crippen LogP contribution in [0.2, 0.25) is 0 Å². The summed E-state index contributed by atoms with van der Waals surface area (Å²) in [6.07, 6.45) is 2.22. The van der Waals surface area contributed by atoms with Gasteiger partial charge in [0.25, 0.3) is 5.91 Å². The lowest BCUT2D eigenvalue weighted by Crippen LogP contribution is -2.35. The van der Waals surface area contributed by atoms with E-state index in [0.29, 0.717) is 11.6 Å². The smallest absolute Gasteiger partial charge is 0.274 e.